The van der Waals surface area contributed by atoms with Gasteiger partial charge in [0, 0.05) is 18.8 Å². The molecule has 2 N–H and O–H groups in total. The number of carboxylic acid groups (broad SMARTS) is 1. The van der Waals surface area contributed by atoms with Crippen LogP contribution in [0.1, 0.15) is 15.9 Å². The first-order valence-corrected chi connectivity index (χ1v) is 11.2. The maximum absolute atomic E-state index is 11.6. The van der Waals surface area contributed by atoms with Crippen molar-refractivity contribution < 1.29 is 14.6 Å². The number of nitrogens with one attached hydrogen (secondary N) is 1. The molecule has 5 rings (SSSR count). The molecule has 5 nitrogen and oxygen atoms in total. The van der Waals surface area contributed by atoms with Crippen LogP contribution in [-0.2, 0) is 6.54 Å². The molecule has 1 unspecified atom stereocenters. The van der Waals surface area contributed by atoms with E-state index < -0.39 is 5.97 Å². The minimum absolute atomic E-state index is 0.0868. The van der Waals surface area contributed by atoms with Gasteiger partial charge in [-0.05, 0) is 46.7 Å². The molecule has 0 saturated carbocycles. The number of carbonyl (C=O) groups is 1. The van der Waals surface area contributed by atoms with E-state index in [1.165, 1.54) is 16.3 Å². The summed E-state index contributed by atoms with van der Waals surface area (Å²) in [4.78, 5) is 13.7. The second-order valence-electron chi connectivity index (χ2n) is 8.06. The summed E-state index contributed by atoms with van der Waals surface area (Å²) < 4.78 is 6.26. The Morgan fingerprint density at radius 3 is 2.70 bits per heavy atom. The fourth-order valence-electron chi connectivity index (χ4n) is 4.31. The van der Waals surface area contributed by atoms with Crippen LogP contribution in [0.25, 0.3) is 10.8 Å². The number of carboxylic acids is 1. The smallest absolute Gasteiger partial charge is 0.337 e. The van der Waals surface area contributed by atoms with Crippen molar-refractivity contribution in [2.75, 3.05) is 18.0 Å². The summed E-state index contributed by atoms with van der Waals surface area (Å²) >= 11 is 6.09. The molecule has 6 heteroatoms. The van der Waals surface area contributed by atoms with Crippen LogP contribution in [-0.4, -0.2) is 30.3 Å². The molecule has 0 amide bonds. The largest absolute Gasteiger partial charge is 0.485 e. The molecule has 0 fully saturated rings. The van der Waals surface area contributed by atoms with Gasteiger partial charge in [-0.2, -0.15) is 0 Å². The van der Waals surface area contributed by atoms with E-state index >= 15 is 0 Å². The Kier molecular flexibility index (Phi) is 5.90. The third kappa shape index (κ3) is 4.38. The Morgan fingerprint density at radius 1 is 1.03 bits per heavy atom. The van der Waals surface area contributed by atoms with Gasteiger partial charge in [-0.1, -0.05) is 66.2 Å². The van der Waals surface area contributed by atoms with Crippen LogP contribution in [0.15, 0.2) is 84.9 Å². The van der Waals surface area contributed by atoms with Crippen LogP contribution in [0.3, 0.4) is 0 Å². The van der Waals surface area contributed by atoms with E-state index in [0.29, 0.717) is 13.1 Å². The van der Waals surface area contributed by atoms with Crippen LogP contribution in [0.4, 0.5) is 11.4 Å². The van der Waals surface area contributed by atoms with Gasteiger partial charge in [-0.3, -0.25) is 0 Å². The first-order chi connectivity index (χ1) is 16.1. The zero-order valence-corrected chi connectivity index (χ0v) is 18.6. The second kappa shape index (κ2) is 9.14. The third-order valence-corrected chi connectivity index (χ3v) is 6.22. The minimum atomic E-state index is -1.04. The standard InChI is InChI=1S/C27H23ClN2O3/c28-24-13-12-20(14-23(24)27(31)32)30-17-21(33-26-11-4-3-10-25(26)30)16-29-15-19-8-5-7-18-6-1-2-9-22(18)19/h1-14,21,29H,15-17H2,(H,31,32). The maximum atomic E-state index is 11.6. The fraction of sp³-hybridized carbons (Fsp3) is 0.148. The monoisotopic (exact) mass is 458 g/mol. The van der Waals surface area contributed by atoms with Crippen LogP contribution >= 0.6 is 11.6 Å². The van der Waals surface area contributed by atoms with Gasteiger partial charge >= 0.3 is 5.97 Å². The summed E-state index contributed by atoms with van der Waals surface area (Å²) in [5.41, 5.74) is 3.00. The Hall–Kier alpha value is -3.54. The average molecular weight is 459 g/mol. The number of hydrogen-bond donors (Lipinski definition) is 2. The zero-order valence-electron chi connectivity index (χ0n) is 17.9. The Balaban J connectivity index is 1.36. The van der Waals surface area contributed by atoms with Crippen molar-refractivity contribution in [1.29, 1.82) is 0 Å². The topological polar surface area (TPSA) is 61.8 Å². The summed E-state index contributed by atoms with van der Waals surface area (Å²) in [5.74, 6) is -0.274. The molecule has 1 atom stereocenters. The number of benzene rings is 4. The lowest BCUT2D eigenvalue weighted by Gasteiger charge is -2.36. The first-order valence-electron chi connectivity index (χ1n) is 10.8. The zero-order chi connectivity index (χ0) is 22.8. The number of halogens is 1. The quantitative estimate of drug-likeness (QED) is 0.378. The van der Waals surface area contributed by atoms with Crippen molar-refractivity contribution >= 4 is 39.7 Å². The molecule has 1 aliphatic rings. The van der Waals surface area contributed by atoms with Crippen molar-refractivity contribution in [2.45, 2.75) is 12.6 Å². The molecule has 0 spiro atoms. The van der Waals surface area contributed by atoms with Gasteiger partial charge in [0.2, 0.25) is 0 Å². The Bertz CT molecular complexity index is 1320. The van der Waals surface area contributed by atoms with Gasteiger partial charge in [0.1, 0.15) is 11.9 Å². The predicted octanol–water partition coefficient (Wildman–Crippen LogP) is 5.88. The minimum Gasteiger partial charge on any atom is -0.485 e. The molecular weight excluding hydrogens is 436 g/mol. The summed E-state index contributed by atoms with van der Waals surface area (Å²) in [7, 11) is 0. The molecular formula is C27H23ClN2O3. The normalized spacial score (nSPS) is 15.2. The SMILES string of the molecule is O=C(O)c1cc(N2CC(CNCc3cccc4ccccc34)Oc3ccccc32)ccc1Cl. The summed E-state index contributed by atoms with van der Waals surface area (Å²) in [6, 6.07) is 27.6. The Labute approximate surface area is 197 Å². The van der Waals surface area contributed by atoms with Gasteiger partial charge < -0.3 is 20.1 Å². The van der Waals surface area contributed by atoms with Crippen LogP contribution in [0.5, 0.6) is 5.75 Å². The summed E-state index contributed by atoms with van der Waals surface area (Å²) in [5, 5.41) is 15.7. The van der Waals surface area contributed by atoms with E-state index in [-0.39, 0.29) is 16.7 Å². The van der Waals surface area contributed by atoms with Crippen molar-refractivity contribution in [3.05, 3.63) is 101 Å². The molecule has 0 saturated heterocycles. The molecule has 0 bridgehead atoms. The summed E-state index contributed by atoms with van der Waals surface area (Å²) in [6.07, 6.45) is -0.112. The number of para-hydroxylation sites is 2. The highest BCUT2D eigenvalue weighted by Crippen LogP contribution is 2.39. The molecule has 1 heterocycles. The van der Waals surface area contributed by atoms with Crippen molar-refractivity contribution in [2.24, 2.45) is 0 Å². The number of anilines is 2. The highest BCUT2D eigenvalue weighted by atomic mass is 35.5. The van der Waals surface area contributed by atoms with Gasteiger partial charge in [-0.15, -0.1) is 0 Å². The number of aromatic carboxylic acids is 1. The molecule has 1 aliphatic heterocycles. The van der Waals surface area contributed by atoms with Gasteiger partial charge in [0.05, 0.1) is 22.8 Å². The van der Waals surface area contributed by atoms with E-state index in [4.69, 9.17) is 16.3 Å². The van der Waals surface area contributed by atoms with Gasteiger partial charge in [0.25, 0.3) is 0 Å². The van der Waals surface area contributed by atoms with Crippen LogP contribution in [0.2, 0.25) is 5.02 Å². The summed E-state index contributed by atoms with van der Waals surface area (Å²) in [6.45, 7) is 1.96. The van der Waals surface area contributed by atoms with E-state index in [0.717, 1.165) is 23.7 Å². The van der Waals surface area contributed by atoms with Crippen molar-refractivity contribution in [3.63, 3.8) is 0 Å². The molecule has 0 aliphatic carbocycles. The molecule has 0 radical (unpaired) electrons. The molecule has 166 valence electrons. The van der Waals surface area contributed by atoms with E-state index in [1.807, 2.05) is 36.4 Å². The lowest BCUT2D eigenvalue weighted by Crippen LogP contribution is -2.43. The fourth-order valence-corrected chi connectivity index (χ4v) is 4.51. The number of nitrogens with zero attached hydrogens (tertiary/aromatic N) is 1. The van der Waals surface area contributed by atoms with Crippen molar-refractivity contribution in [3.8, 4) is 5.75 Å². The lowest BCUT2D eigenvalue weighted by atomic mass is 10.0. The molecule has 4 aromatic carbocycles. The second-order valence-corrected chi connectivity index (χ2v) is 8.46. The van der Waals surface area contributed by atoms with Gasteiger partial charge in [0.15, 0.2) is 0 Å². The maximum Gasteiger partial charge on any atom is 0.337 e. The third-order valence-electron chi connectivity index (χ3n) is 5.90. The highest BCUT2D eigenvalue weighted by molar-refractivity contribution is 6.33. The number of ether oxygens (including phenoxy) is 1. The number of rotatable bonds is 6. The predicted molar refractivity (Wildman–Crippen MR) is 132 cm³/mol. The van der Waals surface area contributed by atoms with Gasteiger partial charge in [-0.25, -0.2) is 4.79 Å². The van der Waals surface area contributed by atoms with E-state index in [9.17, 15) is 9.90 Å². The lowest BCUT2D eigenvalue weighted by molar-refractivity contribution is 0.0697. The number of hydrogen-bond acceptors (Lipinski definition) is 4. The van der Waals surface area contributed by atoms with Crippen LogP contribution < -0.4 is 15.0 Å². The highest BCUT2D eigenvalue weighted by Gasteiger charge is 2.27. The van der Waals surface area contributed by atoms with E-state index in [1.54, 1.807) is 12.1 Å². The van der Waals surface area contributed by atoms with E-state index in [2.05, 4.69) is 46.6 Å². The van der Waals surface area contributed by atoms with Crippen LogP contribution in [0, 0.1) is 0 Å². The molecule has 0 aromatic heterocycles. The number of fused-ring (bicyclic) bond motifs is 2. The average Bonchev–Trinajstić information content (AvgIpc) is 2.84. The molecule has 33 heavy (non-hydrogen) atoms. The first kappa shape index (κ1) is 21.3. The molecule has 4 aromatic rings. The van der Waals surface area contributed by atoms with Crippen molar-refractivity contribution in [1.82, 2.24) is 5.32 Å². The Morgan fingerprint density at radius 2 is 1.82 bits per heavy atom.